The number of hydroxylamine groups is 1. The maximum Gasteiger partial charge on any atom is 0.416 e. The Labute approximate surface area is 143 Å². The fraction of sp³-hybridized carbons (Fsp3) is 0.133. The lowest BCUT2D eigenvalue weighted by Crippen LogP contribution is -2.50. The molecule has 3 N–H and O–H groups in total. The van der Waals surface area contributed by atoms with Crippen LogP contribution in [0.2, 0.25) is 5.02 Å². The van der Waals surface area contributed by atoms with Gasteiger partial charge in [-0.15, -0.1) is 0 Å². The summed E-state index contributed by atoms with van der Waals surface area (Å²) >= 11 is 5.84. The SMILES string of the molecule is O=C1C(O)N(O)c2cc(C(F)(F)F)ccc2N1c1cc(Cl)ccc1O. The third kappa shape index (κ3) is 2.86. The molecule has 0 radical (unpaired) electrons. The van der Waals surface area contributed by atoms with Crippen LogP contribution >= 0.6 is 11.6 Å². The van der Waals surface area contributed by atoms with Gasteiger partial charge in [-0.05, 0) is 36.4 Å². The number of fused-ring (bicyclic) bond motifs is 1. The summed E-state index contributed by atoms with van der Waals surface area (Å²) in [4.78, 5) is 13.1. The highest BCUT2D eigenvalue weighted by molar-refractivity contribution is 6.31. The number of hydrogen-bond donors (Lipinski definition) is 3. The van der Waals surface area contributed by atoms with Gasteiger partial charge >= 0.3 is 6.18 Å². The molecule has 1 aliphatic heterocycles. The Balaban J connectivity index is 2.23. The minimum atomic E-state index is -4.69. The number of amides is 1. The molecule has 0 bridgehead atoms. The average Bonchev–Trinajstić information content (AvgIpc) is 2.55. The third-order valence-electron chi connectivity index (χ3n) is 3.64. The summed E-state index contributed by atoms with van der Waals surface area (Å²) in [6, 6.07) is 5.98. The molecule has 0 aromatic heterocycles. The Morgan fingerprint density at radius 3 is 2.36 bits per heavy atom. The molecule has 25 heavy (non-hydrogen) atoms. The molecule has 3 rings (SSSR count). The van der Waals surface area contributed by atoms with E-state index in [0.29, 0.717) is 12.1 Å². The van der Waals surface area contributed by atoms with Crippen molar-refractivity contribution in [1.29, 1.82) is 0 Å². The monoisotopic (exact) mass is 374 g/mol. The van der Waals surface area contributed by atoms with Gasteiger partial charge in [-0.1, -0.05) is 11.6 Å². The second-order valence-electron chi connectivity index (χ2n) is 5.23. The van der Waals surface area contributed by atoms with E-state index in [1.165, 1.54) is 18.2 Å². The van der Waals surface area contributed by atoms with Gasteiger partial charge in [-0.25, -0.2) is 5.06 Å². The van der Waals surface area contributed by atoms with Gasteiger partial charge in [0.15, 0.2) is 0 Å². The van der Waals surface area contributed by atoms with E-state index in [9.17, 15) is 33.4 Å². The van der Waals surface area contributed by atoms with Crippen LogP contribution in [0.5, 0.6) is 5.75 Å². The predicted molar refractivity (Wildman–Crippen MR) is 82.0 cm³/mol. The molecule has 6 nitrogen and oxygen atoms in total. The molecule has 1 atom stereocenters. The van der Waals surface area contributed by atoms with Crippen molar-refractivity contribution >= 4 is 34.6 Å². The summed E-state index contributed by atoms with van der Waals surface area (Å²) in [7, 11) is 0. The number of aliphatic hydroxyl groups is 1. The molecular weight excluding hydrogens is 365 g/mol. The van der Waals surface area contributed by atoms with Gasteiger partial charge in [0, 0.05) is 5.02 Å². The predicted octanol–water partition coefficient (Wildman–Crippen LogP) is 3.26. The molecule has 10 heteroatoms. The second-order valence-corrected chi connectivity index (χ2v) is 5.66. The van der Waals surface area contributed by atoms with Gasteiger partial charge in [-0.2, -0.15) is 13.2 Å². The summed E-state index contributed by atoms with van der Waals surface area (Å²) in [6.07, 6.45) is -6.85. The Bertz CT molecular complexity index is 859. The lowest BCUT2D eigenvalue weighted by molar-refractivity contribution is -0.137. The van der Waals surface area contributed by atoms with E-state index < -0.39 is 29.6 Å². The summed E-state index contributed by atoms with van der Waals surface area (Å²) in [5.41, 5.74) is -1.85. The van der Waals surface area contributed by atoms with Crippen LogP contribution in [-0.4, -0.2) is 27.6 Å². The van der Waals surface area contributed by atoms with E-state index in [1.54, 1.807) is 0 Å². The van der Waals surface area contributed by atoms with E-state index in [2.05, 4.69) is 0 Å². The quantitative estimate of drug-likeness (QED) is 0.713. The molecule has 0 aliphatic carbocycles. The molecule has 2 aromatic carbocycles. The molecule has 1 amide bonds. The third-order valence-corrected chi connectivity index (χ3v) is 3.88. The highest BCUT2D eigenvalue weighted by Crippen LogP contribution is 2.45. The molecule has 0 fully saturated rings. The first-order chi connectivity index (χ1) is 11.6. The van der Waals surface area contributed by atoms with Gasteiger partial charge in [0.1, 0.15) is 5.75 Å². The average molecular weight is 375 g/mol. The van der Waals surface area contributed by atoms with Gasteiger partial charge in [0.2, 0.25) is 6.23 Å². The first kappa shape index (κ1) is 17.3. The Kier molecular flexibility index (Phi) is 4.02. The van der Waals surface area contributed by atoms with Crippen LogP contribution in [0.1, 0.15) is 5.56 Å². The van der Waals surface area contributed by atoms with Crippen LogP contribution in [0, 0.1) is 0 Å². The van der Waals surface area contributed by atoms with E-state index in [0.717, 1.165) is 11.0 Å². The number of nitrogens with zero attached hydrogens (tertiary/aromatic N) is 2. The molecule has 1 aliphatic rings. The maximum absolute atomic E-state index is 12.9. The zero-order valence-corrected chi connectivity index (χ0v) is 13.0. The van der Waals surface area contributed by atoms with Gasteiger partial charge in [-0.3, -0.25) is 14.9 Å². The molecule has 0 saturated carbocycles. The van der Waals surface area contributed by atoms with Crippen molar-refractivity contribution in [2.24, 2.45) is 0 Å². The van der Waals surface area contributed by atoms with E-state index in [4.69, 9.17) is 11.6 Å². The molecular formula is C15H10ClF3N2O4. The second kappa shape index (κ2) is 5.80. The Hall–Kier alpha value is -2.49. The van der Waals surface area contributed by atoms with Crippen molar-refractivity contribution < 1.29 is 33.4 Å². The largest absolute Gasteiger partial charge is 0.506 e. The first-order valence-corrected chi connectivity index (χ1v) is 7.19. The van der Waals surface area contributed by atoms with Gasteiger partial charge < -0.3 is 10.2 Å². The topological polar surface area (TPSA) is 84.2 Å². The highest BCUT2D eigenvalue weighted by Gasteiger charge is 2.41. The van der Waals surface area contributed by atoms with E-state index in [-0.39, 0.29) is 27.2 Å². The van der Waals surface area contributed by atoms with E-state index in [1.807, 2.05) is 0 Å². The number of halogens is 4. The smallest absolute Gasteiger partial charge is 0.416 e. The molecule has 2 aromatic rings. The molecule has 132 valence electrons. The lowest BCUT2D eigenvalue weighted by Gasteiger charge is -2.37. The number of alkyl halides is 3. The number of hydrogen-bond acceptors (Lipinski definition) is 5. The van der Waals surface area contributed by atoms with Crippen LogP contribution in [0.25, 0.3) is 0 Å². The number of phenols is 1. The molecule has 1 heterocycles. The van der Waals surface area contributed by atoms with Crippen molar-refractivity contribution in [2.75, 3.05) is 9.96 Å². The first-order valence-electron chi connectivity index (χ1n) is 6.81. The highest BCUT2D eigenvalue weighted by atomic mass is 35.5. The van der Waals surface area contributed by atoms with Crippen molar-refractivity contribution in [2.45, 2.75) is 12.4 Å². The van der Waals surface area contributed by atoms with Crippen LogP contribution in [0.4, 0.5) is 30.2 Å². The van der Waals surface area contributed by atoms with E-state index >= 15 is 0 Å². The minimum absolute atomic E-state index is 0.0327. The van der Waals surface area contributed by atoms with Crippen molar-refractivity contribution in [3.8, 4) is 5.75 Å². The van der Waals surface area contributed by atoms with Gasteiger partial charge in [0.25, 0.3) is 5.91 Å². The lowest BCUT2D eigenvalue weighted by atomic mass is 10.1. The molecule has 1 unspecified atom stereocenters. The summed E-state index contributed by atoms with van der Waals surface area (Å²) in [5.74, 6) is -1.46. The minimum Gasteiger partial charge on any atom is -0.506 e. The number of carbonyl (C=O) groups is 1. The zero-order chi connectivity index (χ0) is 18.5. The van der Waals surface area contributed by atoms with Crippen molar-refractivity contribution in [3.05, 3.63) is 47.0 Å². The van der Waals surface area contributed by atoms with Crippen LogP contribution in [-0.2, 0) is 11.0 Å². The molecule has 0 spiro atoms. The number of carbonyl (C=O) groups excluding carboxylic acids is 1. The number of rotatable bonds is 1. The molecule has 0 saturated heterocycles. The van der Waals surface area contributed by atoms with Crippen molar-refractivity contribution in [1.82, 2.24) is 0 Å². The Morgan fingerprint density at radius 1 is 1.04 bits per heavy atom. The zero-order valence-electron chi connectivity index (χ0n) is 12.2. The number of aromatic hydroxyl groups is 1. The number of aliphatic hydroxyl groups excluding tert-OH is 1. The Morgan fingerprint density at radius 2 is 1.72 bits per heavy atom. The number of phenolic OH excluding ortho intramolecular Hbond substituents is 1. The standard InChI is InChI=1S/C15H10ClF3N2O4/c16-8-2-4-12(22)11(6-8)20-9-3-1-7(15(17,18)19)5-10(9)21(25)14(24)13(20)23/h1-6,14,22,24-25H. The summed E-state index contributed by atoms with van der Waals surface area (Å²) < 4.78 is 38.7. The van der Waals surface area contributed by atoms with Crippen molar-refractivity contribution in [3.63, 3.8) is 0 Å². The van der Waals surface area contributed by atoms with Crippen LogP contribution in [0.3, 0.4) is 0 Å². The normalized spacial score (nSPS) is 17.7. The summed E-state index contributed by atoms with van der Waals surface area (Å²) in [6.45, 7) is 0. The fourth-order valence-corrected chi connectivity index (χ4v) is 2.63. The summed E-state index contributed by atoms with van der Waals surface area (Å²) in [5, 5.41) is 29.9. The van der Waals surface area contributed by atoms with Crippen LogP contribution < -0.4 is 9.96 Å². The number of anilines is 3. The van der Waals surface area contributed by atoms with Crippen LogP contribution in [0.15, 0.2) is 36.4 Å². The number of benzene rings is 2. The van der Waals surface area contributed by atoms with Gasteiger partial charge in [0.05, 0.1) is 22.6 Å². The fourth-order valence-electron chi connectivity index (χ4n) is 2.47. The maximum atomic E-state index is 12.9.